The first kappa shape index (κ1) is 22.2. The summed E-state index contributed by atoms with van der Waals surface area (Å²) in [5.41, 5.74) is 4.56. The average Bonchev–Trinajstić information content (AvgIpc) is 3.44. The minimum Gasteiger partial charge on any atom is -0.497 e. The third kappa shape index (κ3) is 3.60. The minimum atomic E-state index is -0.282. The number of carbonyl (C=O) groups excluding carboxylic acids is 3. The van der Waals surface area contributed by atoms with E-state index in [0.717, 1.165) is 28.6 Å². The van der Waals surface area contributed by atoms with Crippen LogP contribution in [0.4, 0.5) is 0 Å². The Morgan fingerprint density at radius 3 is 2.47 bits per heavy atom. The zero-order valence-electron chi connectivity index (χ0n) is 19.9. The molecule has 1 atom stereocenters. The van der Waals surface area contributed by atoms with Crippen molar-refractivity contribution >= 4 is 28.5 Å². The van der Waals surface area contributed by atoms with Crippen molar-refractivity contribution in [2.24, 2.45) is 0 Å². The highest BCUT2D eigenvalue weighted by atomic mass is 16.5. The van der Waals surface area contributed by atoms with E-state index in [2.05, 4.69) is 16.0 Å². The van der Waals surface area contributed by atoms with Crippen molar-refractivity contribution in [2.45, 2.75) is 12.5 Å². The van der Waals surface area contributed by atoms with E-state index < -0.39 is 0 Å². The second kappa shape index (κ2) is 8.77. The van der Waals surface area contributed by atoms with E-state index in [1.54, 1.807) is 37.6 Å². The summed E-state index contributed by atoms with van der Waals surface area (Å²) in [5, 5.41) is 0.843. The first-order chi connectivity index (χ1) is 17.5. The van der Waals surface area contributed by atoms with Gasteiger partial charge >= 0.3 is 0 Å². The van der Waals surface area contributed by atoms with E-state index in [1.807, 2.05) is 36.4 Å². The van der Waals surface area contributed by atoms with Crippen molar-refractivity contribution in [3.05, 3.63) is 101 Å². The highest BCUT2D eigenvalue weighted by molar-refractivity contribution is 6.21. The normalized spacial score (nSPS) is 17.4. The number of hydrogen-bond donors (Lipinski definition) is 1. The van der Waals surface area contributed by atoms with Gasteiger partial charge in [0.1, 0.15) is 5.75 Å². The van der Waals surface area contributed by atoms with Gasteiger partial charge in [0.05, 0.1) is 30.8 Å². The molecule has 0 bridgehead atoms. The monoisotopic (exact) mass is 479 g/mol. The Morgan fingerprint density at radius 1 is 1.00 bits per heavy atom. The fourth-order valence-corrected chi connectivity index (χ4v) is 5.42. The number of amides is 2. The molecule has 0 fully saturated rings. The van der Waals surface area contributed by atoms with Crippen LogP contribution in [0.3, 0.4) is 0 Å². The topological polar surface area (TPSA) is 82.7 Å². The number of ketones is 1. The Hall–Kier alpha value is -4.23. The molecular weight excluding hydrogens is 454 g/mol. The lowest BCUT2D eigenvalue weighted by Crippen LogP contribution is -2.45. The molecule has 0 spiro atoms. The number of nitrogens with one attached hydrogen (secondary N) is 1. The number of imide groups is 1. The number of aromatic nitrogens is 1. The van der Waals surface area contributed by atoms with Crippen molar-refractivity contribution in [1.82, 2.24) is 14.8 Å². The first-order valence-electron chi connectivity index (χ1n) is 12.0. The van der Waals surface area contributed by atoms with Gasteiger partial charge in [0.15, 0.2) is 5.78 Å². The van der Waals surface area contributed by atoms with Crippen LogP contribution < -0.4 is 4.74 Å². The van der Waals surface area contributed by atoms with Gasteiger partial charge in [0.25, 0.3) is 11.8 Å². The Morgan fingerprint density at radius 2 is 1.72 bits per heavy atom. The number of ether oxygens (including phenoxy) is 1. The average molecular weight is 480 g/mol. The number of benzene rings is 3. The third-order valence-corrected chi connectivity index (χ3v) is 7.29. The van der Waals surface area contributed by atoms with Gasteiger partial charge < -0.3 is 9.72 Å². The molecule has 3 heterocycles. The third-order valence-electron chi connectivity index (χ3n) is 7.29. The molecule has 1 N–H and O–H groups in total. The van der Waals surface area contributed by atoms with Crippen LogP contribution in [0.5, 0.6) is 5.75 Å². The van der Waals surface area contributed by atoms with E-state index in [4.69, 9.17) is 4.74 Å². The van der Waals surface area contributed by atoms with E-state index in [1.165, 1.54) is 10.5 Å². The lowest BCUT2D eigenvalue weighted by molar-refractivity contribution is 0.0574. The van der Waals surface area contributed by atoms with Crippen molar-refractivity contribution in [3.63, 3.8) is 0 Å². The van der Waals surface area contributed by atoms with Gasteiger partial charge in [0.2, 0.25) is 0 Å². The summed E-state index contributed by atoms with van der Waals surface area (Å²) in [5.74, 6) is 0.140. The molecule has 6 rings (SSSR count). The fraction of sp³-hybridized carbons (Fsp3) is 0.207. The van der Waals surface area contributed by atoms with Gasteiger partial charge in [-0.3, -0.25) is 24.2 Å². The predicted octanol–water partition coefficient (Wildman–Crippen LogP) is 4.25. The SMILES string of the molecule is COc1ccc2c(C(=O)CN3CCc4ccccc4[C@H]3CN3C(=O)c4ccccc4C3=O)c[nH]c2c1. The van der Waals surface area contributed by atoms with Crippen molar-refractivity contribution in [3.8, 4) is 5.75 Å². The van der Waals surface area contributed by atoms with Crippen molar-refractivity contribution < 1.29 is 19.1 Å². The number of H-pyrrole nitrogens is 1. The van der Waals surface area contributed by atoms with Crippen LogP contribution in [-0.4, -0.2) is 59.1 Å². The van der Waals surface area contributed by atoms with Crippen molar-refractivity contribution in [2.75, 3.05) is 26.7 Å². The number of aromatic amines is 1. The maximum atomic E-state index is 13.5. The van der Waals surface area contributed by atoms with Gasteiger partial charge in [-0.15, -0.1) is 0 Å². The Labute approximate surface area is 208 Å². The molecule has 7 heteroatoms. The molecule has 180 valence electrons. The van der Waals surface area contributed by atoms with Gasteiger partial charge in [0, 0.05) is 41.8 Å². The molecule has 0 aliphatic carbocycles. The van der Waals surface area contributed by atoms with E-state index in [-0.39, 0.29) is 36.7 Å². The Bertz CT molecular complexity index is 1490. The molecule has 1 aromatic heterocycles. The molecule has 0 radical (unpaired) electrons. The lowest BCUT2D eigenvalue weighted by Gasteiger charge is -2.38. The summed E-state index contributed by atoms with van der Waals surface area (Å²) in [6.45, 7) is 1.04. The summed E-state index contributed by atoms with van der Waals surface area (Å²) >= 11 is 0. The first-order valence-corrected chi connectivity index (χ1v) is 12.0. The molecule has 0 unspecified atom stereocenters. The largest absolute Gasteiger partial charge is 0.497 e. The lowest BCUT2D eigenvalue weighted by atomic mass is 9.91. The van der Waals surface area contributed by atoms with E-state index in [9.17, 15) is 14.4 Å². The van der Waals surface area contributed by atoms with Gasteiger partial charge in [-0.05, 0) is 41.8 Å². The Kier molecular flexibility index (Phi) is 5.42. The molecule has 7 nitrogen and oxygen atoms in total. The summed E-state index contributed by atoms with van der Waals surface area (Å²) in [4.78, 5) is 46.3. The van der Waals surface area contributed by atoms with Crippen LogP contribution >= 0.6 is 0 Å². The van der Waals surface area contributed by atoms with Crippen LogP contribution in [0.2, 0.25) is 0 Å². The standard InChI is InChI=1S/C29H25N3O4/c1-36-19-10-11-21-24(15-30-25(21)14-19)27(33)17-31-13-12-18-6-2-3-7-20(18)26(31)16-32-28(34)22-8-4-5-9-23(22)29(32)35/h2-11,14-15,26,30H,12-13,16-17H2,1H3/t26-/m1/s1. The maximum Gasteiger partial charge on any atom is 0.261 e. The zero-order chi connectivity index (χ0) is 24.8. The van der Waals surface area contributed by atoms with Crippen molar-refractivity contribution in [1.29, 1.82) is 0 Å². The van der Waals surface area contributed by atoms with Crippen LogP contribution in [-0.2, 0) is 6.42 Å². The molecule has 4 aromatic rings. The number of fused-ring (bicyclic) bond motifs is 3. The van der Waals surface area contributed by atoms with Gasteiger partial charge in [-0.25, -0.2) is 0 Å². The summed E-state index contributed by atoms with van der Waals surface area (Å²) < 4.78 is 5.29. The molecule has 0 saturated heterocycles. The van der Waals surface area contributed by atoms with Gasteiger partial charge in [-0.1, -0.05) is 36.4 Å². The molecule has 3 aromatic carbocycles. The summed E-state index contributed by atoms with van der Waals surface area (Å²) in [7, 11) is 1.61. The van der Waals surface area contributed by atoms with Crippen LogP contribution in [0.15, 0.2) is 72.9 Å². The smallest absolute Gasteiger partial charge is 0.261 e. The highest BCUT2D eigenvalue weighted by Gasteiger charge is 2.39. The Balaban J connectivity index is 1.30. The van der Waals surface area contributed by atoms with Crippen LogP contribution in [0.25, 0.3) is 10.9 Å². The zero-order valence-corrected chi connectivity index (χ0v) is 19.9. The fourth-order valence-electron chi connectivity index (χ4n) is 5.42. The molecule has 0 saturated carbocycles. The molecule has 2 amide bonds. The number of Topliss-reactive ketones (excluding diaryl/α,β-unsaturated/α-hetero) is 1. The molecule has 36 heavy (non-hydrogen) atoms. The quantitative estimate of drug-likeness (QED) is 0.330. The summed E-state index contributed by atoms with van der Waals surface area (Å²) in [6, 6.07) is 20.3. The molecule has 2 aliphatic rings. The maximum absolute atomic E-state index is 13.5. The molecule has 2 aliphatic heterocycles. The number of rotatable bonds is 6. The summed E-state index contributed by atoms with van der Waals surface area (Å²) in [6.07, 6.45) is 2.54. The van der Waals surface area contributed by atoms with E-state index in [0.29, 0.717) is 23.2 Å². The number of nitrogens with zero attached hydrogens (tertiary/aromatic N) is 2. The van der Waals surface area contributed by atoms with Crippen LogP contribution in [0, 0.1) is 0 Å². The highest BCUT2D eigenvalue weighted by Crippen LogP contribution is 2.34. The number of hydrogen-bond acceptors (Lipinski definition) is 5. The van der Waals surface area contributed by atoms with Crippen LogP contribution in [0.1, 0.15) is 48.2 Å². The predicted molar refractivity (Wildman–Crippen MR) is 135 cm³/mol. The van der Waals surface area contributed by atoms with E-state index >= 15 is 0 Å². The number of methoxy groups -OCH3 is 1. The molecular formula is C29H25N3O4. The second-order valence-electron chi connectivity index (χ2n) is 9.24. The number of carbonyl (C=O) groups is 3. The second-order valence-corrected chi connectivity index (χ2v) is 9.24. The van der Waals surface area contributed by atoms with Gasteiger partial charge in [-0.2, -0.15) is 0 Å². The minimum absolute atomic E-state index is 0.0156.